The molecule has 7 nitrogen and oxygen atoms in total. The van der Waals surface area contributed by atoms with Gasteiger partial charge in [0, 0.05) is 17.2 Å². The monoisotopic (exact) mass is 470 g/mol. The minimum absolute atomic E-state index is 0.0268. The highest BCUT2D eigenvalue weighted by molar-refractivity contribution is 5.92. The maximum atomic E-state index is 13.6. The van der Waals surface area contributed by atoms with Crippen LogP contribution in [0, 0.1) is 0 Å². The van der Waals surface area contributed by atoms with Gasteiger partial charge in [-0.1, -0.05) is 51.9 Å². The Morgan fingerprint density at radius 3 is 2.12 bits per heavy atom. The molecule has 0 atom stereocenters. The van der Waals surface area contributed by atoms with Crippen LogP contribution in [0.4, 0.5) is 0 Å². The third-order valence-corrected chi connectivity index (χ3v) is 6.10. The SMILES string of the molecule is CCCCCCCCCCc1c(-c2ccc(O)c(O)c2)oc2c(OC)c(OC)cc(O)c2c1=O. The molecule has 184 valence electrons. The van der Waals surface area contributed by atoms with Gasteiger partial charge in [-0.05, 0) is 31.0 Å². The first-order chi connectivity index (χ1) is 16.4. The Morgan fingerprint density at radius 1 is 0.824 bits per heavy atom. The molecule has 3 aromatic rings. The molecule has 0 aliphatic rings. The van der Waals surface area contributed by atoms with Gasteiger partial charge in [0.1, 0.15) is 16.9 Å². The summed E-state index contributed by atoms with van der Waals surface area (Å²) in [5, 5.41) is 30.4. The molecule has 0 saturated carbocycles. The summed E-state index contributed by atoms with van der Waals surface area (Å²) in [6.45, 7) is 2.20. The van der Waals surface area contributed by atoms with E-state index in [0.717, 1.165) is 19.3 Å². The molecule has 2 aromatic carbocycles. The van der Waals surface area contributed by atoms with Crippen molar-refractivity contribution in [2.24, 2.45) is 0 Å². The number of aromatic hydroxyl groups is 3. The van der Waals surface area contributed by atoms with Crippen LogP contribution in [0.15, 0.2) is 33.5 Å². The number of methoxy groups -OCH3 is 2. The fraction of sp³-hybridized carbons (Fsp3) is 0.444. The van der Waals surface area contributed by atoms with E-state index < -0.39 is 0 Å². The molecule has 3 rings (SSSR count). The van der Waals surface area contributed by atoms with Crippen LogP contribution in [0.2, 0.25) is 0 Å². The van der Waals surface area contributed by atoms with Gasteiger partial charge in [0.15, 0.2) is 28.3 Å². The van der Waals surface area contributed by atoms with E-state index in [1.807, 2.05) is 0 Å². The average molecular weight is 471 g/mol. The van der Waals surface area contributed by atoms with E-state index in [9.17, 15) is 20.1 Å². The number of rotatable bonds is 12. The Hall–Kier alpha value is -3.35. The normalized spacial score (nSPS) is 11.1. The third-order valence-electron chi connectivity index (χ3n) is 6.10. The van der Waals surface area contributed by atoms with E-state index in [2.05, 4.69) is 6.92 Å². The molecule has 1 heterocycles. The molecule has 3 N–H and O–H groups in total. The van der Waals surface area contributed by atoms with Gasteiger partial charge in [-0.15, -0.1) is 0 Å². The third kappa shape index (κ3) is 5.41. The van der Waals surface area contributed by atoms with Gasteiger partial charge in [0.05, 0.1) is 14.2 Å². The molecule has 34 heavy (non-hydrogen) atoms. The summed E-state index contributed by atoms with van der Waals surface area (Å²) in [7, 11) is 2.85. The molecule has 0 spiro atoms. The van der Waals surface area contributed by atoms with Crippen molar-refractivity contribution >= 4 is 11.0 Å². The van der Waals surface area contributed by atoms with Crippen molar-refractivity contribution in [3.63, 3.8) is 0 Å². The number of hydrogen-bond donors (Lipinski definition) is 3. The van der Waals surface area contributed by atoms with Crippen molar-refractivity contribution in [2.75, 3.05) is 14.2 Å². The maximum absolute atomic E-state index is 13.6. The van der Waals surface area contributed by atoms with Crippen molar-refractivity contribution in [3.8, 4) is 40.1 Å². The lowest BCUT2D eigenvalue weighted by Crippen LogP contribution is -2.12. The summed E-state index contributed by atoms with van der Waals surface area (Å²) in [6.07, 6.45) is 9.44. The predicted octanol–water partition coefficient (Wildman–Crippen LogP) is 6.28. The second-order valence-electron chi connectivity index (χ2n) is 8.50. The highest BCUT2D eigenvalue weighted by Crippen LogP contribution is 2.42. The molecule has 0 aliphatic carbocycles. The Labute approximate surface area is 199 Å². The van der Waals surface area contributed by atoms with Crippen LogP contribution in [0.25, 0.3) is 22.3 Å². The summed E-state index contributed by atoms with van der Waals surface area (Å²) < 4.78 is 16.9. The lowest BCUT2D eigenvalue weighted by Gasteiger charge is -2.15. The lowest BCUT2D eigenvalue weighted by atomic mass is 9.98. The quantitative estimate of drug-likeness (QED) is 0.211. The van der Waals surface area contributed by atoms with Crippen LogP contribution in [0.1, 0.15) is 63.9 Å². The maximum Gasteiger partial charge on any atom is 0.205 e. The molecule has 1 aromatic heterocycles. The number of benzene rings is 2. The standard InChI is InChI=1S/C27H34O7/c1-4-5-6-7-8-9-10-11-12-18-24(31)23-21(30)16-22(32-2)26(33-3)27(23)34-25(18)17-13-14-19(28)20(29)15-17/h13-16,28-30H,4-12H2,1-3H3. The highest BCUT2D eigenvalue weighted by Gasteiger charge is 2.24. The largest absolute Gasteiger partial charge is 0.507 e. The first-order valence-electron chi connectivity index (χ1n) is 11.9. The van der Waals surface area contributed by atoms with Gasteiger partial charge in [-0.3, -0.25) is 4.79 Å². The molecule has 0 saturated heterocycles. The van der Waals surface area contributed by atoms with Crippen LogP contribution < -0.4 is 14.9 Å². The number of ether oxygens (including phenoxy) is 2. The molecule has 0 radical (unpaired) electrons. The minimum atomic E-state index is -0.356. The van der Waals surface area contributed by atoms with E-state index in [1.165, 1.54) is 64.5 Å². The van der Waals surface area contributed by atoms with E-state index in [1.54, 1.807) is 6.07 Å². The smallest absolute Gasteiger partial charge is 0.205 e. The average Bonchev–Trinajstić information content (AvgIpc) is 2.83. The van der Waals surface area contributed by atoms with E-state index in [4.69, 9.17) is 13.9 Å². The van der Waals surface area contributed by atoms with Crippen molar-refractivity contribution in [1.29, 1.82) is 0 Å². The van der Waals surface area contributed by atoms with Crippen molar-refractivity contribution in [2.45, 2.75) is 64.7 Å². The summed E-state index contributed by atoms with van der Waals surface area (Å²) in [5.74, 6) is -0.159. The first-order valence-corrected chi connectivity index (χ1v) is 11.9. The number of phenolic OH excluding ortho intramolecular Hbond substituents is 3. The fourth-order valence-corrected chi connectivity index (χ4v) is 4.24. The van der Waals surface area contributed by atoms with Gasteiger partial charge < -0.3 is 29.2 Å². The molecule has 0 unspecified atom stereocenters. The zero-order valence-corrected chi connectivity index (χ0v) is 20.1. The number of fused-ring (bicyclic) bond motifs is 1. The Kier molecular flexibility index (Phi) is 8.68. The van der Waals surface area contributed by atoms with Gasteiger partial charge in [0.2, 0.25) is 5.75 Å². The van der Waals surface area contributed by atoms with Gasteiger partial charge in [0.25, 0.3) is 0 Å². The van der Waals surface area contributed by atoms with Crippen LogP contribution in [0.3, 0.4) is 0 Å². The molecule has 0 amide bonds. The van der Waals surface area contributed by atoms with Gasteiger partial charge in [-0.25, -0.2) is 0 Å². The molecule has 7 heteroatoms. The zero-order chi connectivity index (χ0) is 24.7. The van der Waals surface area contributed by atoms with Crippen LogP contribution in [-0.2, 0) is 6.42 Å². The summed E-state index contributed by atoms with van der Waals surface area (Å²) in [4.78, 5) is 13.6. The molecular formula is C27H34O7. The second kappa shape index (κ2) is 11.7. The first kappa shape index (κ1) is 25.3. The number of hydrogen-bond acceptors (Lipinski definition) is 7. The Bertz CT molecular complexity index is 1180. The van der Waals surface area contributed by atoms with Crippen molar-refractivity contribution < 1.29 is 29.2 Å². The van der Waals surface area contributed by atoms with Crippen molar-refractivity contribution in [3.05, 3.63) is 40.1 Å². The van der Waals surface area contributed by atoms with Gasteiger partial charge in [-0.2, -0.15) is 0 Å². The second-order valence-corrected chi connectivity index (χ2v) is 8.50. The van der Waals surface area contributed by atoms with Crippen molar-refractivity contribution in [1.82, 2.24) is 0 Å². The summed E-state index contributed by atoms with van der Waals surface area (Å²) >= 11 is 0. The zero-order valence-electron chi connectivity index (χ0n) is 20.1. The summed E-state index contributed by atoms with van der Waals surface area (Å²) in [5.41, 5.74) is 0.552. The molecule has 0 aliphatic heterocycles. The molecule has 0 fully saturated rings. The lowest BCUT2D eigenvalue weighted by molar-refractivity contribution is 0.350. The Balaban J connectivity index is 2.03. The fourth-order valence-electron chi connectivity index (χ4n) is 4.24. The van der Waals surface area contributed by atoms with Crippen LogP contribution >= 0.6 is 0 Å². The van der Waals surface area contributed by atoms with Crippen LogP contribution in [0.5, 0.6) is 28.7 Å². The topological polar surface area (TPSA) is 109 Å². The van der Waals surface area contributed by atoms with Gasteiger partial charge >= 0.3 is 0 Å². The highest BCUT2D eigenvalue weighted by atomic mass is 16.5. The van der Waals surface area contributed by atoms with E-state index in [-0.39, 0.29) is 50.9 Å². The molecular weight excluding hydrogens is 436 g/mol. The summed E-state index contributed by atoms with van der Waals surface area (Å²) in [6, 6.07) is 5.60. The minimum Gasteiger partial charge on any atom is -0.507 e. The van der Waals surface area contributed by atoms with E-state index >= 15 is 0 Å². The molecule has 0 bridgehead atoms. The Morgan fingerprint density at radius 2 is 1.50 bits per heavy atom. The number of unbranched alkanes of at least 4 members (excludes halogenated alkanes) is 7. The number of phenols is 3. The van der Waals surface area contributed by atoms with Crippen LogP contribution in [-0.4, -0.2) is 29.5 Å². The predicted molar refractivity (Wildman–Crippen MR) is 132 cm³/mol. The van der Waals surface area contributed by atoms with E-state index in [0.29, 0.717) is 17.5 Å².